The van der Waals surface area contributed by atoms with Gasteiger partial charge in [0.2, 0.25) is 5.91 Å². The van der Waals surface area contributed by atoms with Crippen LogP contribution < -0.4 is 0 Å². The van der Waals surface area contributed by atoms with Crippen LogP contribution in [0.25, 0.3) is 0 Å². The first kappa shape index (κ1) is 20.9. The predicted octanol–water partition coefficient (Wildman–Crippen LogP) is 3.31. The molecule has 0 heterocycles. The zero-order valence-electron chi connectivity index (χ0n) is 15.2. The molecule has 27 heavy (non-hydrogen) atoms. The molecule has 1 atom stereocenters. The number of amides is 1. The highest BCUT2D eigenvalue weighted by Crippen LogP contribution is 2.24. The largest absolute Gasteiger partial charge is 0.338 e. The number of hydrogen-bond donors (Lipinski definition) is 0. The van der Waals surface area contributed by atoms with Gasteiger partial charge in [-0.3, -0.25) is 14.9 Å². The molecule has 0 aliphatic rings. The van der Waals surface area contributed by atoms with Gasteiger partial charge < -0.3 is 4.90 Å². The normalized spacial score (nSPS) is 12.4. The molecule has 0 aliphatic heterocycles. The Hall–Kier alpha value is -2.39. The number of benzene rings is 2. The first-order valence-corrected chi connectivity index (χ1v) is 10.9. The van der Waals surface area contributed by atoms with Crippen molar-refractivity contribution < 1.29 is 18.1 Å². The molecule has 0 radical (unpaired) electrons. The fourth-order valence-electron chi connectivity index (χ4n) is 2.34. The van der Waals surface area contributed by atoms with Gasteiger partial charge in [0.15, 0.2) is 9.84 Å². The second kappa shape index (κ2) is 8.53. The summed E-state index contributed by atoms with van der Waals surface area (Å²) in [6, 6.07) is 12.3. The minimum absolute atomic E-state index is 0.00829. The second-order valence-corrected chi connectivity index (χ2v) is 9.13. The van der Waals surface area contributed by atoms with Crippen LogP contribution in [0.3, 0.4) is 0 Å². The molecule has 0 aromatic heterocycles. The molecule has 0 saturated heterocycles. The van der Waals surface area contributed by atoms with E-state index in [0.29, 0.717) is 0 Å². The lowest BCUT2D eigenvalue weighted by atomic mass is 10.1. The van der Waals surface area contributed by atoms with Gasteiger partial charge in [0, 0.05) is 30.3 Å². The lowest BCUT2D eigenvalue weighted by molar-refractivity contribution is -0.384. The van der Waals surface area contributed by atoms with E-state index >= 15 is 0 Å². The summed E-state index contributed by atoms with van der Waals surface area (Å²) in [7, 11) is -1.57. The van der Waals surface area contributed by atoms with Gasteiger partial charge in [-0.1, -0.05) is 12.1 Å². The molecule has 2 aromatic carbocycles. The fourth-order valence-corrected chi connectivity index (χ4v) is 3.80. The van der Waals surface area contributed by atoms with Crippen molar-refractivity contribution in [1.82, 2.24) is 4.90 Å². The zero-order valence-corrected chi connectivity index (χ0v) is 16.8. The molecule has 7 nitrogen and oxygen atoms in total. The highest BCUT2D eigenvalue weighted by molar-refractivity contribution is 8.00. The lowest BCUT2D eigenvalue weighted by Gasteiger charge is -2.25. The van der Waals surface area contributed by atoms with Crippen molar-refractivity contribution in [3.63, 3.8) is 0 Å². The van der Waals surface area contributed by atoms with Crippen molar-refractivity contribution in [2.24, 2.45) is 0 Å². The van der Waals surface area contributed by atoms with Crippen LogP contribution in [-0.4, -0.2) is 43.2 Å². The molecular formula is C18H20N2O5S2. The van der Waals surface area contributed by atoms with Gasteiger partial charge in [-0.15, -0.1) is 11.8 Å². The van der Waals surface area contributed by atoms with Crippen molar-refractivity contribution in [3.05, 3.63) is 64.2 Å². The minimum atomic E-state index is -3.26. The number of nitro groups is 1. The van der Waals surface area contributed by atoms with Gasteiger partial charge in [0.1, 0.15) is 0 Å². The summed E-state index contributed by atoms with van der Waals surface area (Å²) >= 11 is 1.30. The maximum atomic E-state index is 12.4. The van der Waals surface area contributed by atoms with Gasteiger partial charge >= 0.3 is 0 Å². The fraction of sp³-hybridized carbons (Fsp3) is 0.278. The number of sulfone groups is 1. The van der Waals surface area contributed by atoms with E-state index in [0.717, 1.165) is 16.7 Å². The van der Waals surface area contributed by atoms with Crippen LogP contribution in [0.1, 0.15) is 18.5 Å². The number of carbonyl (C=O) groups excluding carboxylic acids is 1. The smallest absolute Gasteiger partial charge is 0.269 e. The molecule has 9 heteroatoms. The van der Waals surface area contributed by atoms with Crippen LogP contribution in [0.15, 0.2) is 58.3 Å². The number of nitrogens with zero attached hydrogens (tertiary/aromatic N) is 2. The van der Waals surface area contributed by atoms with Gasteiger partial charge in [-0.2, -0.15) is 0 Å². The average molecular weight is 409 g/mol. The molecule has 0 unspecified atom stereocenters. The summed E-state index contributed by atoms with van der Waals surface area (Å²) < 4.78 is 23.1. The molecule has 1 amide bonds. The maximum Gasteiger partial charge on any atom is 0.269 e. The molecule has 0 spiro atoms. The van der Waals surface area contributed by atoms with E-state index in [1.165, 1.54) is 36.0 Å². The summed E-state index contributed by atoms with van der Waals surface area (Å²) in [6.07, 6.45) is 1.15. The first-order chi connectivity index (χ1) is 12.6. The van der Waals surface area contributed by atoms with Crippen molar-refractivity contribution in [2.75, 3.05) is 19.1 Å². The molecule has 2 rings (SSSR count). The van der Waals surface area contributed by atoms with Crippen molar-refractivity contribution in [3.8, 4) is 0 Å². The van der Waals surface area contributed by atoms with Crippen LogP contribution in [-0.2, 0) is 14.6 Å². The predicted molar refractivity (Wildman–Crippen MR) is 105 cm³/mol. The molecule has 0 bridgehead atoms. The maximum absolute atomic E-state index is 12.4. The Morgan fingerprint density at radius 3 is 2.19 bits per heavy atom. The Balaban J connectivity index is 1.98. The third kappa shape index (κ3) is 5.54. The van der Waals surface area contributed by atoms with E-state index in [4.69, 9.17) is 0 Å². The number of hydrogen-bond acceptors (Lipinski definition) is 6. The number of thioether (sulfide) groups is 1. The molecule has 144 valence electrons. The SMILES string of the molecule is C[C@@H](c1ccc(S(C)(=O)=O)cc1)N(C)C(=O)CSc1ccc([N+](=O)[O-])cc1. The molecule has 0 fully saturated rings. The molecule has 2 aromatic rings. The highest BCUT2D eigenvalue weighted by atomic mass is 32.2. The van der Waals surface area contributed by atoms with Crippen molar-refractivity contribution in [1.29, 1.82) is 0 Å². The van der Waals surface area contributed by atoms with E-state index in [-0.39, 0.29) is 28.3 Å². The summed E-state index contributed by atoms with van der Waals surface area (Å²) in [5.41, 5.74) is 0.840. The quantitative estimate of drug-likeness (QED) is 0.396. The summed E-state index contributed by atoms with van der Waals surface area (Å²) in [6.45, 7) is 1.86. The van der Waals surface area contributed by atoms with Gasteiger partial charge in [-0.05, 0) is 36.8 Å². The Morgan fingerprint density at radius 2 is 1.70 bits per heavy atom. The summed E-state index contributed by atoms with van der Waals surface area (Å²) in [4.78, 5) is 25.2. The number of non-ortho nitro benzene ring substituents is 1. The van der Waals surface area contributed by atoms with E-state index in [1.807, 2.05) is 6.92 Å². The average Bonchev–Trinajstić information content (AvgIpc) is 2.64. The Labute approximate surface area is 162 Å². The molecule has 0 aliphatic carbocycles. The van der Waals surface area contributed by atoms with Crippen LogP contribution in [0.4, 0.5) is 5.69 Å². The van der Waals surface area contributed by atoms with Crippen LogP contribution >= 0.6 is 11.8 Å². The van der Waals surface area contributed by atoms with Gasteiger partial charge in [0.05, 0.1) is 21.6 Å². The first-order valence-electron chi connectivity index (χ1n) is 8.02. The number of rotatable bonds is 7. The Morgan fingerprint density at radius 1 is 1.15 bits per heavy atom. The minimum Gasteiger partial charge on any atom is -0.338 e. The van der Waals surface area contributed by atoms with E-state index in [1.54, 1.807) is 36.2 Å². The number of nitro benzene ring substituents is 1. The second-order valence-electron chi connectivity index (χ2n) is 6.06. The molecule has 0 saturated carbocycles. The third-order valence-corrected chi connectivity index (χ3v) is 6.30. The van der Waals surface area contributed by atoms with E-state index in [2.05, 4.69) is 0 Å². The Kier molecular flexibility index (Phi) is 6.61. The lowest BCUT2D eigenvalue weighted by Crippen LogP contribution is -2.31. The van der Waals surface area contributed by atoms with Crippen molar-refractivity contribution in [2.45, 2.75) is 22.8 Å². The standard InChI is InChI=1S/C18H20N2O5S2/c1-13(14-4-10-17(11-5-14)27(3,24)25)19(2)18(21)12-26-16-8-6-15(7-9-16)20(22)23/h4-11,13H,12H2,1-3H3/t13-/m0/s1. The van der Waals surface area contributed by atoms with Gasteiger partial charge in [-0.25, -0.2) is 8.42 Å². The number of carbonyl (C=O) groups is 1. The molecule has 0 N–H and O–H groups in total. The third-order valence-electron chi connectivity index (χ3n) is 4.17. The van der Waals surface area contributed by atoms with Crippen molar-refractivity contribution >= 4 is 33.2 Å². The highest BCUT2D eigenvalue weighted by Gasteiger charge is 2.18. The van der Waals surface area contributed by atoms with Gasteiger partial charge in [0.25, 0.3) is 5.69 Å². The topological polar surface area (TPSA) is 97.6 Å². The monoisotopic (exact) mass is 408 g/mol. The van der Waals surface area contributed by atoms with E-state index < -0.39 is 14.8 Å². The Bertz CT molecular complexity index is 925. The summed E-state index contributed by atoms with van der Waals surface area (Å²) in [5.74, 6) is 0.0955. The zero-order chi connectivity index (χ0) is 20.2. The van der Waals surface area contributed by atoms with E-state index in [9.17, 15) is 23.3 Å². The van der Waals surface area contributed by atoms with Crippen LogP contribution in [0.2, 0.25) is 0 Å². The van der Waals surface area contributed by atoms with Crippen LogP contribution in [0.5, 0.6) is 0 Å². The summed E-state index contributed by atoms with van der Waals surface area (Å²) in [5, 5.41) is 10.7. The molecular weight excluding hydrogens is 388 g/mol. The van der Waals surface area contributed by atoms with Crippen LogP contribution in [0, 0.1) is 10.1 Å².